The molecule has 0 atom stereocenters. The van der Waals surface area contributed by atoms with Crippen molar-refractivity contribution in [3.05, 3.63) is 0 Å². The van der Waals surface area contributed by atoms with Crippen LogP contribution in [0.4, 0.5) is 0 Å². The fourth-order valence-corrected chi connectivity index (χ4v) is 3.80. The predicted octanol–water partition coefficient (Wildman–Crippen LogP) is 1.44. The molecule has 0 aliphatic rings. The Balaban J connectivity index is 3.89. The van der Waals surface area contributed by atoms with Crippen molar-refractivity contribution >= 4 is 8.56 Å². The number of ether oxygens (including phenoxy) is 4. The van der Waals surface area contributed by atoms with Crippen molar-refractivity contribution in [1.29, 1.82) is 0 Å². The summed E-state index contributed by atoms with van der Waals surface area (Å²) in [6.07, 6.45) is 0.923. The maximum absolute atomic E-state index is 5.90. The molecular formula is C13H30O6Si. The van der Waals surface area contributed by atoms with Gasteiger partial charge in [0.15, 0.2) is 0 Å². The van der Waals surface area contributed by atoms with E-state index in [-0.39, 0.29) is 0 Å². The van der Waals surface area contributed by atoms with E-state index in [2.05, 4.69) is 6.55 Å². The van der Waals surface area contributed by atoms with E-state index in [0.717, 1.165) is 12.5 Å². The van der Waals surface area contributed by atoms with E-state index in [0.29, 0.717) is 46.2 Å². The van der Waals surface area contributed by atoms with Crippen LogP contribution in [0.5, 0.6) is 0 Å². The highest BCUT2D eigenvalue weighted by atomic mass is 28.4. The smallest absolute Gasteiger partial charge is 0.335 e. The molecule has 0 N–H and O–H groups in total. The molecule has 0 aliphatic carbocycles. The Morgan fingerprint density at radius 1 is 0.650 bits per heavy atom. The Labute approximate surface area is 123 Å². The average Bonchev–Trinajstić information content (AvgIpc) is 2.43. The fraction of sp³-hybridized carbons (Fsp3) is 1.00. The third-order valence-electron chi connectivity index (χ3n) is 2.74. The summed E-state index contributed by atoms with van der Waals surface area (Å²) in [4.78, 5) is 0. The summed E-state index contributed by atoms with van der Waals surface area (Å²) in [5.74, 6) is 0. The van der Waals surface area contributed by atoms with Crippen LogP contribution in [0.15, 0.2) is 0 Å². The Morgan fingerprint density at radius 3 is 1.65 bits per heavy atom. The molecule has 0 radical (unpaired) electrons. The van der Waals surface area contributed by atoms with Crippen molar-refractivity contribution in [2.75, 3.05) is 67.6 Å². The van der Waals surface area contributed by atoms with Crippen LogP contribution in [0.25, 0.3) is 0 Å². The molecule has 7 heteroatoms. The molecule has 0 heterocycles. The van der Waals surface area contributed by atoms with Gasteiger partial charge in [-0.15, -0.1) is 0 Å². The van der Waals surface area contributed by atoms with E-state index in [1.165, 1.54) is 0 Å². The van der Waals surface area contributed by atoms with Crippen LogP contribution < -0.4 is 0 Å². The van der Waals surface area contributed by atoms with E-state index in [1.807, 2.05) is 0 Å². The van der Waals surface area contributed by atoms with E-state index in [4.69, 9.17) is 27.8 Å². The van der Waals surface area contributed by atoms with Crippen molar-refractivity contribution in [3.8, 4) is 0 Å². The number of methoxy groups -OCH3 is 3. The number of rotatable bonds is 15. The predicted molar refractivity (Wildman–Crippen MR) is 79.4 cm³/mol. The molecule has 0 saturated heterocycles. The first-order chi connectivity index (χ1) is 9.68. The third-order valence-corrected chi connectivity index (χ3v) is 5.63. The number of hydrogen-bond acceptors (Lipinski definition) is 6. The molecule has 0 bridgehead atoms. The zero-order chi connectivity index (χ0) is 15.1. The van der Waals surface area contributed by atoms with Crippen molar-refractivity contribution in [3.63, 3.8) is 0 Å². The second kappa shape index (κ2) is 13.9. The van der Waals surface area contributed by atoms with E-state index < -0.39 is 8.56 Å². The molecule has 0 aromatic rings. The van der Waals surface area contributed by atoms with Gasteiger partial charge in [0.2, 0.25) is 0 Å². The first-order valence-corrected chi connectivity index (χ1v) is 9.53. The quantitative estimate of drug-likeness (QED) is 0.337. The minimum absolute atomic E-state index is 0.566. The van der Waals surface area contributed by atoms with Crippen LogP contribution in [0.1, 0.15) is 6.42 Å². The van der Waals surface area contributed by atoms with E-state index in [1.54, 1.807) is 21.3 Å². The van der Waals surface area contributed by atoms with Crippen LogP contribution in [0.3, 0.4) is 0 Å². The van der Waals surface area contributed by atoms with Gasteiger partial charge in [0.05, 0.1) is 39.6 Å². The molecule has 0 unspecified atom stereocenters. The average molecular weight is 310 g/mol. The second-order valence-electron chi connectivity index (χ2n) is 4.53. The van der Waals surface area contributed by atoms with Crippen LogP contribution in [0.2, 0.25) is 12.6 Å². The van der Waals surface area contributed by atoms with Gasteiger partial charge in [-0.2, -0.15) is 0 Å². The lowest BCUT2D eigenvalue weighted by molar-refractivity contribution is 0.0665. The molecular weight excluding hydrogens is 280 g/mol. The van der Waals surface area contributed by atoms with Crippen molar-refractivity contribution in [1.82, 2.24) is 0 Å². The fourth-order valence-electron chi connectivity index (χ4n) is 1.61. The van der Waals surface area contributed by atoms with Crippen LogP contribution in [0, 0.1) is 0 Å². The van der Waals surface area contributed by atoms with E-state index >= 15 is 0 Å². The monoisotopic (exact) mass is 310 g/mol. The molecule has 0 aromatic heterocycles. The lowest BCUT2D eigenvalue weighted by Crippen LogP contribution is -2.40. The van der Waals surface area contributed by atoms with Gasteiger partial charge in [-0.1, -0.05) is 0 Å². The highest BCUT2D eigenvalue weighted by Gasteiger charge is 2.30. The van der Waals surface area contributed by atoms with Gasteiger partial charge in [0.25, 0.3) is 0 Å². The Morgan fingerprint density at radius 2 is 1.15 bits per heavy atom. The summed E-state index contributed by atoms with van der Waals surface area (Å²) in [6, 6.07) is 0.896. The lowest BCUT2D eigenvalue weighted by atomic mass is 10.5. The summed E-state index contributed by atoms with van der Waals surface area (Å²) in [5, 5.41) is 0. The van der Waals surface area contributed by atoms with Crippen LogP contribution in [-0.2, 0) is 27.8 Å². The highest BCUT2D eigenvalue weighted by Crippen LogP contribution is 2.16. The largest absolute Gasteiger partial charge is 0.392 e. The van der Waals surface area contributed by atoms with Gasteiger partial charge < -0.3 is 27.8 Å². The highest BCUT2D eigenvalue weighted by molar-refractivity contribution is 6.66. The maximum atomic E-state index is 5.90. The molecule has 0 amide bonds. The standard InChI is InChI=1S/C13H30O6Si/c1-14-7-10-17-6-5-13-20(4,18-11-8-15-2)19-12-9-16-3/h5-13H2,1-4H3. The normalized spacial score (nSPS) is 12.0. The molecule has 6 nitrogen and oxygen atoms in total. The molecule has 0 aromatic carbocycles. The summed E-state index contributed by atoms with van der Waals surface area (Å²) in [6.45, 7) is 6.34. The van der Waals surface area contributed by atoms with Crippen molar-refractivity contribution < 1.29 is 27.8 Å². The Kier molecular flexibility index (Phi) is 13.9. The van der Waals surface area contributed by atoms with Gasteiger partial charge >= 0.3 is 8.56 Å². The first kappa shape index (κ1) is 20.0. The molecule has 0 fully saturated rings. The molecule has 0 spiro atoms. The van der Waals surface area contributed by atoms with Crippen molar-refractivity contribution in [2.45, 2.75) is 19.0 Å². The van der Waals surface area contributed by atoms with Crippen LogP contribution in [-0.4, -0.2) is 76.1 Å². The third kappa shape index (κ3) is 11.8. The van der Waals surface area contributed by atoms with Gasteiger partial charge in [0.1, 0.15) is 0 Å². The first-order valence-electron chi connectivity index (χ1n) is 7.01. The lowest BCUT2D eigenvalue weighted by Gasteiger charge is -2.27. The second-order valence-corrected chi connectivity index (χ2v) is 7.87. The zero-order valence-electron chi connectivity index (χ0n) is 13.3. The zero-order valence-corrected chi connectivity index (χ0v) is 14.3. The van der Waals surface area contributed by atoms with Gasteiger partial charge in [-0.3, -0.25) is 0 Å². The molecule has 0 aliphatic heterocycles. The topological polar surface area (TPSA) is 55.4 Å². The molecule has 122 valence electrons. The summed E-state index contributed by atoms with van der Waals surface area (Å²) < 4.78 is 32.2. The van der Waals surface area contributed by atoms with Crippen molar-refractivity contribution in [2.24, 2.45) is 0 Å². The summed E-state index contributed by atoms with van der Waals surface area (Å²) >= 11 is 0. The maximum Gasteiger partial charge on any atom is 0.335 e. The van der Waals surface area contributed by atoms with Gasteiger partial charge in [-0.25, -0.2) is 0 Å². The Bertz CT molecular complexity index is 195. The minimum Gasteiger partial charge on any atom is -0.392 e. The summed E-state index contributed by atoms with van der Waals surface area (Å²) in [5.41, 5.74) is 0. The van der Waals surface area contributed by atoms with Gasteiger partial charge in [0, 0.05) is 27.9 Å². The number of hydrogen-bond donors (Lipinski definition) is 0. The van der Waals surface area contributed by atoms with E-state index in [9.17, 15) is 0 Å². The van der Waals surface area contributed by atoms with Gasteiger partial charge in [-0.05, 0) is 19.0 Å². The minimum atomic E-state index is -2.16. The summed E-state index contributed by atoms with van der Waals surface area (Å²) in [7, 11) is 2.83. The van der Waals surface area contributed by atoms with Crippen LogP contribution >= 0.6 is 0 Å². The SMILES string of the molecule is COCCOCCC[Si](C)(OCCOC)OCCOC. The Hall–Kier alpha value is -0.0231. The molecule has 0 rings (SSSR count). The molecule has 0 saturated carbocycles. The molecule has 20 heavy (non-hydrogen) atoms.